The van der Waals surface area contributed by atoms with Gasteiger partial charge in [0.2, 0.25) is 17.7 Å². The van der Waals surface area contributed by atoms with Crippen LogP contribution in [-0.2, 0) is 33.0 Å². The summed E-state index contributed by atoms with van der Waals surface area (Å²) in [4.78, 5) is 78.8. The van der Waals surface area contributed by atoms with Gasteiger partial charge in [-0.2, -0.15) is 11.8 Å². The quantitative estimate of drug-likeness (QED) is 0.0273. The number of thioether (sulfide) groups is 1. The van der Waals surface area contributed by atoms with Crippen molar-refractivity contribution in [2.45, 2.75) is 167 Å². The van der Waals surface area contributed by atoms with E-state index in [-0.39, 0.29) is 66.5 Å². The minimum Gasteiger partial charge on any atom is -0.391 e. The second kappa shape index (κ2) is 32.2. The molecule has 5 aromatic rings. The van der Waals surface area contributed by atoms with Gasteiger partial charge in [-0.05, 0) is 133 Å². The molecule has 0 saturated carbocycles. The number of likely N-dealkylation sites (tertiary alicyclic amines) is 1. The highest BCUT2D eigenvalue weighted by Crippen LogP contribution is 2.32. The van der Waals surface area contributed by atoms with E-state index in [1.165, 1.54) is 5.56 Å². The number of hydrogen-bond donors (Lipinski definition) is 7. The molecule has 17 heteroatoms. The van der Waals surface area contributed by atoms with Crippen LogP contribution in [0.15, 0.2) is 122 Å². The number of piperidine rings is 1. The Kier molecular flexibility index (Phi) is 26.2. The SMILES string of the molecule is CC(C)(C)NC(=O)C1CC(SCc2cccnc2)CCN1CC(O)C(CC(=O)c1ccc2ccccc2n1)Cc1ccccc1.CNCC(=O)N[C@H](C(=O)NC(Cc1ccccc1)C(O)CN(CCC(C)C)C(=O)NC(C)(C)C)C(C)(C)C. The number of carbonyl (C=O) groups is 5. The highest BCUT2D eigenvalue weighted by Gasteiger charge is 2.39. The first-order chi connectivity index (χ1) is 39.2. The Morgan fingerprint density at radius 1 is 0.747 bits per heavy atom. The summed E-state index contributed by atoms with van der Waals surface area (Å²) >= 11 is 1.86. The Labute approximate surface area is 498 Å². The molecule has 1 fully saturated rings. The maximum Gasteiger partial charge on any atom is 0.317 e. The summed E-state index contributed by atoms with van der Waals surface area (Å²) in [5.41, 5.74) is 3.00. The number of benzene rings is 3. The molecule has 1 aliphatic rings. The summed E-state index contributed by atoms with van der Waals surface area (Å²) in [5, 5.41) is 39.3. The molecular weight excluding hydrogens is 1060 g/mol. The minimum atomic E-state index is -1.04. The first-order valence-electron chi connectivity index (χ1n) is 29.4. The number of amides is 5. The minimum absolute atomic E-state index is 0.0163. The number of urea groups is 1. The van der Waals surface area contributed by atoms with E-state index >= 15 is 0 Å². The number of likely N-dealkylation sites (N-methyl/N-ethyl adjacent to an activating group) is 1. The monoisotopic (exact) mass is 1160 g/mol. The molecule has 0 bridgehead atoms. The van der Waals surface area contributed by atoms with Crippen LogP contribution in [0.5, 0.6) is 0 Å². The summed E-state index contributed by atoms with van der Waals surface area (Å²) in [6, 6.07) is 32.9. The van der Waals surface area contributed by atoms with E-state index in [9.17, 15) is 34.2 Å². The van der Waals surface area contributed by atoms with E-state index in [4.69, 9.17) is 0 Å². The van der Waals surface area contributed by atoms with Crippen LogP contribution in [0.2, 0.25) is 0 Å². The Balaban J connectivity index is 0.000000309. The molecule has 1 aliphatic heterocycles. The molecular formula is C66H95N9O7S. The van der Waals surface area contributed by atoms with Gasteiger partial charge in [0, 0.05) is 65.9 Å². The van der Waals surface area contributed by atoms with Gasteiger partial charge in [-0.1, -0.05) is 126 Å². The number of nitrogens with one attached hydrogen (secondary N) is 5. The van der Waals surface area contributed by atoms with E-state index in [1.807, 2.05) is 177 Å². The highest BCUT2D eigenvalue weighted by molar-refractivity contribution is 7.99. The van der Waals surface area contributed by atoms with Gasteiger partial charge in [0.25, 0.3) is 0 Å². The summed E-state index contributed by atoms with van der Waals surface area (Å²) in [6.45, 7) is 23.2. The number of aromatic nitrogens is 2. The lowest BCUT2D eigenvalue weighted by molar-refractivity contribution is -0.132. The maximum absolute atomic E-state index is 13.6. The molecule has 0 spiro atoms. The molecule has 5 amide bonds. The predicted molar refractivity (Wildman–Crippen MR) is 335 cm³/mol. The summed E-state index contributed by atoms with van der Waals surface area (Å²) in [6.07, 6.45) is 5.31. The molecule has 6 rings (SSSR count). The lowest BCUT2D eigenvalue weighted by Gasteiger charge is -2.41. The standard InChI is InChI=1S/C37H44N4O3S.C29H51N5O4/c1-37(2,3)40-36(44)33-22-30(45-25-27-12-9-18-38-23-27)17-19-41(33)24-35(43)29(20-26-10-5-4-6-11-26)21-34(42)32-16-15-28-13-7-8-14-31(28)39-32;1-20(2)15-16-34(27(38)33-29(6,7)8)19-23(35)22(17-21-13-11-10-12-14-21)31-26(37)25(28(3,4)5)32-24(36)18-30-9/h4-16,18,23,29-30,33,35,43H,17,19-22,24-25H2,1-3H3,(H,40,44);10-14,20,22-23,25,30,35H,15-19H2,1-9H3,(H,31,37)(H,32,36)(H,33,38)/t;22?,23?,25-/m.1/s1. The van der Waals surface area contributed by atoms with Gasteiger partial charge in [-0.25, -0.2) is 9.78 Å². The van der Waals surface area contributed by atoms with Crippen molar-refractivity contribution in [2.24, 2.45) is 17.3 Å². The molecule has 0 radical (unpaired) electrons. The fourth-order valence-corrected chi connectivity index (χ4v) is 11.1. The Morgan fingerprint density at radius 3 is 1.98 bits per heavy atom. The fourth-order valence-electron chi connectivity index (χ4n) is 9.90. The second-order valence-corrected chi connectivity index (χ2v) is 27.0. The zero-order valence-electron chi connectivity index (χ0n) is 51.3. The van der Waals surface area contributed by atoms with Gasteiger partial charge in [0.05, 0.1) is 42.9 Å². The van der Waals surface area contributed by atoms with E-state index in [1.54, 1.807) is 24.2 Å². The van der Waals surface area contributed by atoms with Crippen LogP contribution < -0.4 is 26.6 Å². The molecule has 3 aromatic carbocycles. The molecule has 7 atom stereocenters. The van der Waals surface area contributed by atoms with Crippen LogP contribution in [0.25, 0.3) is 10.9 Å². The number of aliphatic hydroxyl groups excluding tert-OH is 2. The number of rotatable bonds is 25. The van der Waals surface area contributed by atoms with Crippen LogP contribution >= 0.6 is 11.8 Å². The van der Waals surface area contributed by atoms with Crippen molar-refractivity contribution in [3.63, 3.8) is 0 Å². The van der Waals surface area contributed by atoms with Gasteiger partial charge >= 0.3 is 6.03 Å². The number of Topliss-reactive ketones (excluding diaryl/α,β-unsaturated/α-hetero) is 1. The number of hydrogen-bond acceptors (Lipinski definition) is 12. The average molecular weight is 1160 g/mol. The average Bonchev–Trinajstić information content (AvgIpc) is 3.58. The van der Waals surface area contributed by atoms with Crippen LogP contribution in [0.3, 0.4) is 0 Å². The summed E-state index contributed by atoms with van der Waals surface area (Å²) in [5.74, 6) is 0.114. The summed E-state index contributed by atoms with van der Waals surface area (Å²) in [7, 11) is 1.67. The Bertz CT molecular complexity index is 2810. The molecule has 452 valence electrons. The van der Waals surface area contributed by atoms with Crippen LogP contribution in [0.4, 0.5) is 4.79 Å². The van der Waals surface area contributed by atoms with Gasteiger partial charge in [-0.15, -0.1) is 0 Å². The normalized spacial score (nSPS) is 16.8. The molecule has 0 aliphatic carbocycles. The highest BCUT2D eigenvalue weighted by atomic mass is 32.2. The number of ketones is 1. The number of fused-ring (bicyclic) bond motifs is 1. The second-order valence-electron chi connectivity index (χ2n) is 25.7. The zero-order valence-corrected chi connectivity index (χ0v) is 52.1. The largest absolute Gasteiger partial charge is 0.391 e. The third-order valence-electron chi connectivity index (χ3n) is 14.3. The molecule has 6 unspecified atom stereocenters. The molecule has 16 nitrogen and oxygen atoms in total. The van der Waals surface area contributed by atoms with Crippen molar-refractivity contribution in [3.8, 4) is 0 Å². The fraction of sp³-hybridized carbons (Fsp3) is 0.530. The van der Waals surface area contributed by atoms with Gasteiger partial charge in [0.15, 0.2) is 5.78 Å². The van der Waals surface area contributed by atoms with Crippen LogP contribution in [0, 0.1) is 17.3 Å². The van der Waals surface area contributed by atoms with Crippen molar-refractivity contribution in [2.75, 3.05) is 39.8 Å². The van der Waals surface area contributed by atoms with Crippen molar-refractivity contribution in [3.05, 3.63) is 144 Å². The number of pyridine rings is 2. The third-order valence-corrected chi connectivity index (χ3v) is 15.7. The number of para-hydroxylation sites is 1. The van der Waals surface area contributed by atoms with Gasteiger partial charge in [-0.3, -0.25) is 29.1 Å². The lowest BCUT2D eigenvalue weighted by Crippen LogP contribution is -2.60. The predicted octanol–water partition coefficient (Wildman–Crippen LogP) is 8.78. The number of β-amino-alcohol motifs (C(OH)–C–C–N with tert-alkyl or cyclic N) is 1. The van der Waals surface area contributed by atoms with Gasteiger partial charge < -0.3 is 41.7 Å². The first-order valence-corrected chi connectivity index (χ1v) is 30.4. The maximum atomic E-state index is 13.6. The van der Waals surface area contributed by atoms with E-state index in [0.29, 0.717) is 55.8 Å². The topological polar surface area (TPSA) is 218 Å². The summed E-state index contributed by atoms with van der Waals surface area (Å²) < 4.78 is 0. The van der Waals surface area contributed by atoms with E-state index in [0.717, 1.165) is 40.6 Å². The molecule has 1 saturated heterocycles. The van der Waals surface area contributed by atoms with Crippen molar-refractivity contribution >= 4 is 52.2 Å². The first kappa shape index (κ1) is 67.5. The number of nitrogens with zero attached hydrogens (tertiary/aromatic N) is 4. The number of aliphatic hydroxyl groups is 2. The van der Waals surface area contributed by atoms with Crippen molar-refractivity contribution in [1.29, 1.82) is 0 Å². The third kappa shape index (κ3) is 23.7. The molecule has 83 heavy (non-hydrogen) atoms. The molecule has 7 N–H and O–H groups in total. The van der Waals surface area contributed by atoms with Gasteiger partial charge in [0.1, 0.15) is 11.7 Å². The van der Waals surface area contributed by atoms with Crippen LogP contribution in [0.1, 0.15) is 129 Å². The lowest BCUT2D eigenvalue weighted by atomic mass is 9.85. The smallest absolute Gasteiger partial charge is 0.317 e. The molecule has 2 aromatic heterocycles. The van der Waals surface area contributed by atoms with Crippen molar-refractivity contribution in [1.82, 2.24) is 46.4 Å². The van der Waals surface area contributed by atoms with Crippen molar-refractivity contribution < 1.29 is 34.2 Å². The Morgan fingerprint density at radius 2 is 1.37 bits per heavy atom. The van der Waals surface area contributed by atoms with E-state index in [2.05, 4.69) is 61.4 Å². The van der Waals surface area contributed by atoms with Crippen LogP contribution in [-0.4, -0.2) is 146 Å². The number of carbonyl (C=O) groups excluding carboxylic acids is 5. The Hall–Kier alpha value is -6.24. The molecule has 3 heterocycles. The zero-order chi connectivity index (χ0) is 60.9. The van der Waals surface area contributed by atoms with E-state index < -0.39 is 35.2 Å².